The molecule has 0 saturated carbocycles. The predicted octanol–water partition coefficient (Wildman–Crippen LogP) is 1.90. The van der Waals surface area contributed by atoms with Crippen molar-refractivity contribution in [3.8, 4) is 17.1 Å². The SMILES string of the molecule is COc1cc(-c2onc(N3CCCC(O)(CO)CC3)c2C(=O)O)ccc1F. The largest absolute Gasteiger partial charge is 0.494 e. The first kappa shape index (κ1) is 19.1. The first-order valence-corrected chi connectivity index (χ1v) is 8.53. The number of carboxylic acid groups (broad SMARTS) is 1. The molecule has 9 heteroatoms. The summed E-state index contributed by atoms with van der Waals surface area (Å²) in [5, 5.41) is 33.3. The van der Waals surface area contributed by atoms with Crippen molar-refractivity contribution in [1.82, 2.24) is 5.16 Å². The molecule has 0 bridgehead atoms. The highest BCUT2D eigenvalue weighted by atomic mass is 19.1. The Morgan fingerprint density at radius 1 is 1.41 bits per heavy atom. The van der Waals surface area contributed by atoms with Crippen LogP contribution in [0.1, 0.15) is 29.6 Å². The van der Waals surface area contributed by atoms with E-state index in [4.69, 9.17) is 9.26 Å². The summed E-state index contributed by atoms with van der Waals surface area (Å²) in [6.07, 6.45) is 1.24. The number of carboxylic acids is 1. The Balaban J connectivity index is 1.98. The van der Waals surface area contributed by atoms with Gasteiger partial charge in [0.15, 0.2) is 28.7 Å². The van der Waals surface area contributed by atoms with Gasteiger partial charge >= 0.3 is 5.97 Å². The number of hydrogen-bond donors (Lipinski definition) is 3. The molecule has 2 aromatic rings. The summed E-state index contributed by atoms with van der Waals surface area (Å²) in [4.78, 5) is 13.6. The van der Waals surface area contributed by atoms with Crippen LogP contribution in [0.3, 0.4) is 0 Å². The number of aliphatic hydroxyl groups is 2. The average molecular weight is 380 g/mol. The third-order valence-electron chi connectivity index (χ3n) is 4.81. The Kier molecular flexibility index (Phi) is 5.33. The van der Waals surface area contributed by atoms with Gasteiger partial charge in [0.1, 0.15) is 0 Å². The van der Waals surface area contributed by atoms with Crippen LogP contribution in [0.15, 0.2) is 22.7 Å². The zero-order valence-electron chi connectivity index (χ0n) is 14.8. The summed E-state index contributed by atoms with van der Waals surface area (Å²) in [6.45, 7) is 0.420. The van der Waals surface area contributed by atoms with Gasteiger partial charge in [0.25, 0.3) is 0 Å². The quantitative estimate of drug-likeness (QED) is 0.720. The number of methoxy groups -OCH3 is 1. The molecule has 8 nitrogen and oxygen atoms in total. The Morgan fingerprint density at radius 3 is 2.85 bits per heavy atom. The van der Waals surface area contributed by atoms with Gasteiger partial charge in [0, 0.05) is 18.7 Å². The molecule has 1 aromatic heterocycles. The van der Waals surface area contributed by atoms with E-state index in [1.54, 1.807) is 4.90 Å². The first-order valence-electron chi connectivity index (χ1n) is 8.53. The summed E-state index contributed by atoms with van der Waals surface area (Å²) in [5.74, 6) is -1.70. The molecule has 1 saturated heterocycles. The third-order valence-corrected chi connectivity index (χ3v) is 4.81. The van der Waals surface area contributed by atoms with Crippen molar-refractivity contribution in [3.05, 3.63) is 29.6 Å². The van der Waals surface area contributed by atoms with Crippen LogP contribution >= 0.6 is 0 Å². The lowest BCUT2D eigenvalue weighted by atomic mass is 9.96. The van der Waals surface area contributed by atoms with Crippen LogP contribution in [0, 0.1) is 5.82 Å². The lowest BCUT2D eigenvalue weighted by Crippen LogP contribution is -2.35. The summed E-state index contributed by atoms with van der Waals surface area (Å²) >= 11 is 0. The minimum atomic E-state index is -1.23. The lowest BCUT2D eigenvalue weighted by Gasteiger charge is -2.24. The van der Waals surface area contributed by atoms with Crippen LogP contribution in [0.5, 0.6) is 5.75 Å². The molecule has 0 amide bonds. The molecule has 2 heterocycles. The molecular formula is C18H21FN2O6. The van der Waals surface area contributed by atoms with Gasteiger partial charge in [-0.25, -0.2) is 9.18 Å². The molecule has 1 unspecified atom stereocenters. The van der Waals surface area contributed by atoms with Crippen molar-refractivity contribution in [3.63, 3.8) is 0 Å². The summed E-state index contributed by atoms with van der Waals surface area (Å²) < 4.78 is 23.9. The zero-order valence-corrected chi connectivity index (χ0v) is 14.8. The van der Waals surface area contributed by atoms with Gasteiger partial charge in [0.05, 0.1) is 19.3 Å². The van der Waals surface area contributed by atoms with Gasteiger partial charge < -0.3 is 29.5 Å². The van der Waals surface area contributed by atoms with Gasteiger partial charge in [-0.3, -0.25) is 0 Å². The number of nitrogens with zero attached hydrogens (tertiary/aromatic N) is 2. The van der Waals surface area contributed by atoms with Crippen molar-refractivity contribution in [2.45, 2.75) is 24.9 Å². The van der Waals surface area contributed by atoms with Crippen molar-refractivity contribution in [1.29, 1.82) is 0 Å². The number of anilines is 1. The minimum absolute atomic E-state index is 0.00235. The smallest absolute Gasteiger partial charge is 0.343 e. The normalized spacial score (nSPS) is 20.4. The molecule has 146 valence electrons. The molecule has 27 heavy (non-hydrogen) atoms. The maximum Gasteiger partial charge on any atom is 0.343 e. The number of ether oxygens (including phenoxy) is 1. The van der Waals surface area contributed by atoms with Crippen LogP contribution in [0.4, 0.5) is 10.2 Å². The van der Waals surface area contributed by atoms with E-state index in [0.29, 0.717) is 31.5 Å². The number of halogens is 1. The Labute approximate surface area is 154 Å². The average Bonchev–Trinajstić information content (AvgIpc) is 3.00. The summed E-state index contributed by atoms with van der Waals surface area (Å²) in [5.41, 5.74) is -1.00. The molecule has 0 spiro atoms. The van der Waals surface area contributed by atoms with Crippen LogP contribution < -0.4 is 9.64 Å². The van der Waals surface area contributed by atoms with E-state index in [-0.39, 0.29) is 35.9 Å². The molecule has 0 radical (unpaired) electrons. The van der Waals surface area contributed by atoms with E-state index in [2.05, 4.69) is 5.16 Å². The highest BCUT2D eigenvalue weighted by molar-refractivity contribution is 5.99. The fourth-order valence-electron chi connectivity index (χ4n) is 3.24. The van der Waals surface area contributed by atoms with Crippen molar-refractivity contribution in [2.24, 2.45) is 0 Å². The molecule has 1 aliphatic heterocycles. The number of carbonyl (C=O) groups is 1. The van der Waals surface area contributed by atoms with Crippen LogP contribution in [-0.4, -0.2) is 58.9 Å². The molecule has 3 N–H and O–H groups in total. The second-order valence-electron chi connectivity index (χ2n) is 6.59. The maximum absolute atomic E-state index is 13.7. The summed E-state index contributed by atoms with van der Waals surface area (Å²) in [7, 11) is 1.31. The first-order chi connectivity index (χ1) is 12.9. The van der Waals surface area contributed by atoms with E-state index in [1.165, 1.54) is 19.2 Å². The van der Waals surface area contributed by atoms with Crippen LogP contribution in [0.2, 0.25) is 0 Å². The Hall–Kier alpha value is -2.65. The Bertz CT molecular complexity index is 839. The number of aliphatic hydroxyl groups excluding tert-OH is 1. The van der Waals surface area contributed by atoms with Gasteiger partial charge in [-0.15, -0.1) is 0 Å². The highest BCUT2D eigenvalue weighted by Gasteiger charge is 2.33. The molecule has 3 rings (SSSR count). The number of aromatic nitrogens is 1. The van der Waals surface area contributed by atoms with Crippen molar-refractivity contribution in [2.75, 3.05) is 31.7 Å². The van der Waals surface area contributed by atoms with Crippen molar-refractivity contribution < 1.29 is 33.8 Å². The van der Waals surface area contributed by atoms with E-state index in [0.717, 1.165) is 6.07 Å². The molecule has 1 aromatic carbocycles. The number of benzene rings is 1. The van der Waals surface area contributed by atoms with Crippen LogP contribution in [-0.2, 0) is 0 Å². The van der Waals surface area contributed by atoms with E-state index >= 15 is 0 Å². The van der Waals surface area contributed by atoms with Gasteiger partial charge in [0.2, 0.25) is 0 Å². The van der Waals surface area contributed by atoms with Gasteiger partial charge in [-0.05, 0) is 37.5 Å². The fourth-order valence-corrected chi connectivity index (χ4v) is 3.24. The Morgan fingerprint density at radius 2 is 2.19 bits per heavy atom. The number of aromatic carboxylic acids is 1. The summed E-state index contributed by atoms with van der Waals surface area (Å²) in [6, 6.07) is 3.90. The lowest BCUT2D eigenvalue weighted by molar-refractivity contribution is -0.0232. The molecule has 0 aliphatic carbocycles. The fraction of sp³-hybridized carbons (Fsp3) is 0.444. The van der Waals surface area contributed by atoms with Crippen molar-refractivity contribution >= 4 is 11.8 Å². The zero-order chi connectivity index (χ0) is 19.6. The molecular weight excluding hydrogens is 359 g/mol. The van der Waals surface area contributed by atoms with Gasteiger partial charge in [-0.2, -0.15) is 0 Å². The number of hydrogen-bond acceptors (Lipinski definition) is 7. The van der Waals surface area contributed by atoms with Crippen LogP contribution in [0.25, 0.3) is 11.3 Å². The van der Waals surface area contributed by atoms with E-state index in [9.17, 15) is 24.5 Å². The topological polar surface area (TPSA) is 116 Å². The standard InChI is InChI=1S/C18H21FN2O6/c1-26-13-9-11(3-4-12(13)19)15-14(17(23)24)16(20-27-15)21-7-2-5-18(25,10-22)6-8-21/h3-4,9,22,25H,2,5-8,10H2,1H3,(H,23,24). The predicted molar refractivity (Wildman–Crippen MR) is 93.5 cm³/mol. The monoisotopic (exact) mass is 380 g/mol. The second kappa shape index (κ2) is 7.53. The van der Waals surface area contributed by atoms with E-state index in [1.807, 2.05) is 0 Å². The molecule has 1 atom stereocenters. The van der Waals surface area contributed by atoms with Gasteiger partial charge in [-0.1, -0.05) is 5.16 Å². The second-order valence-corrected chi connectivity index (χ2v) is 6.59. The minimum Gasteiger partial charge on any atom is -0.494 e. The highest BCUT2D eigenvalue weighted by Crippen LogP contribution is 2.35. The third kappa shape index (κ3) is 3.74. The number of rotatable bonds is 5. The molecule has 1 fully saturated rings. The van der Waals surface area contributed by atoms with E-state index < -0.39 is 17.4 Å². The molecule has 1 aliphatic rings. The maximum atomic E-state index is 13.7.